The van der Waals surface area contributed by atoms with Gasteiger partial charge in [0.15, 0.2) is 0 Å². The van der Waals surface area contributed by atoms with E-state index in [0.717, 1.165) is 3.79 Å². The number of thiophene rings is 1. The molecule has 0 saturated carbocycles. The van der Waals surface area contributed by atoms with Gasteiger partial charge in [-0.3, -0.25) is 9.59 Å². The number of carboxylic acids is 1. The van der Waals surface area contributed by atoms with Crippen LogP contribution < -0.4 is 5.32 Å². The van der Waals surface area contributed by atoms with Crippen LogP contribution in [0.2, 0.25) is 0 Å². The summed E-state index contributed by atoms with van der Waals surface area (Å²) >= 11 is 4.59. The fraction of sp³-hybridized carbons (Fsp3) is 0.143. The Labute approximate surface area is 128 Å². The van der Waals surface area contributed by atoms with Crippen molar-refractivity contribution in [1.82, 2.24) is 5.32 Å². The normalized spacial score (nSPS) is 11.8. The van der Waals surface area contributed by atoms with E-state index in [1.165, 1.54) is 11.3 Å². The first-order chi connectivity index (χ1) is 9.58. The molecule has 1 aromatic heterocycles. The predicted molar refractivity (Wildman–Crippen MR) is 81.2 cm³/mol. The summed E-state index contributed by atoms with van der Waals surface area (Å²) in [6, 6.07) is 12.4. The zero-order valence-corrected chi connectivity index (χ0v) is 12.8. The summed E-state index contributed by atoms with van der Waals surface area (Å²) in [4.78, 5) is 23.7. The van der Waals surface area contributed by atoms with E-state index in [2.05, 4.69) is 21.2 Å². The number of aliphatic carboxylic acids is 1. The van der Waals surface area contributed by atoms with Crippen LogP contribution in [0.1, 0.15) is 21.2 Å². The zero-order valence-electron chi connectivity index (χ0n) is 10.4. The van der Waals surface area contributed by atoms with Gasteiger partial charge in [-0.2, -0.15) is 0 Å². The predicted octanol–water partition coefficient (Wildman–Crippen LogP) is 3.11. The standard InChI is InChI=1S/C14H12BrNO3S/c15-12-7-6-11(20-12)13(17)16-8-10(14(18)19)9-4-2-1-3-5-9/h1-7,10H,8H2,(H,16,17)(H,18,19). The number of carbonyl (C=O) groups is 2. The average molecular weight is 354 g/mol. The molecule has 20 heavy (non-hydrogen) atoms. The summed E-state index contributed by atoms with van der Waals surface area (Å²) < 4.78 is 0.862. The molecule has 2 N–H and O–H groups in total. The highest BCUT2D eigenvalue weighted by atomic mass is 79.9. The molecule has 4 nitrogen and oxygen atoms in total. The third kappa shape index (κ3) is 3.68. The SMILES string of the molecule is O=C(NCC(C(=O)O)c1ccccc1)c1ccc(Br)s1. The molecule has 1 amide bonds. The second kappa shape index (κ2) is 6.67. The zero-order chi connectivity index (χ0) is 14.5. The lowest BCUT2D eigenvalue weighted by Crippen LogP contribution is -2.31. The molecule has 0 saturated heterocycles. The Balaban J connectivity index is 2.03. The summed E-state index contributed by atoms with van der Waals surface area (Å²) in [6.45, 7) is 0.0632. The van der Waals surface area contributed by atoms with Crippen LogP contribution in [0.5, 0.6) is 0 Å². The van der Waals surface area contributed by atoms with Crippen LogP contribution in [0.25, 0.3) is 0 Å². The largest absolute Gasteiger partial charge is 0.481 e. The van der Waals surface area contributed by atoms with E-state index in [1.54, 1.807) is 36.4 Å². The van der Waals surface area contributed by atoms with Gasteiger partial charge in [0, 0.05) is 6.54 Å². The van der Waals surface area contributed by atoms with Gasteiger partial charge in [0.25, 0.3) is 5.91 Å². The van der Waals surface area contributed by atoms with Gasteiger partial charge < -0.3 is 10.4 Å². The van der Waals surface area contributed by atoms with Crippen molar-refractivity contribution in [1.29, 1.82) is 0 Å². The maximum absolute atomic E-state index is 11.9. The molecule has 1 atom stereocenters. The monoisotopic (exact) mass is 353 g/mol. The van der Waals surface area contributed by atoms with Crippen molar-refractivity contribution in [2.75, 3.05) is 6.54 Å². The number of hydrogen-bond donors (Lipinski definition) is 2. The fourth-order valence-corrected chi connectivity index (χ4v) is 3.05. The topological polar surface area (TPSA) is 66.4 Å². The molecule has 1 unspecified atom stereocenters. The Hall–Kier alpha value is -1.66. The van der Waals surface area contributed by atoms with Gasteiger partial charge in [0.05, 0.1) is 14.6 Å². The average Bonchev–Trinajstić information content (AvgIpc) is 2.86. The maximum atomic E-state index is 11.9. The number of carbonyl (C=O) groups excluding carboxylic acids is 1. The summed E-state index contributed by atoms with van der Waals surface area (Å²) in [7, 11) is 0. The van der Waals surface area contributed by atoms with Gasteiger partial charge >= 0.3 is 5.97 Å². The first kappa shape index (κ1) is 14.7. The number of benzene rings is 1. The van der Waals surface area contributed by atoms with Crippen LogP contribution in [-0.4, -0.2) is 23.5 Å². The lowest BCUT2D eigenvalue weighted by molar-refractivity contribution is -0.138. The van der Waals surface area contributed by atoms with Crippen molar-refractivity contribution in [3.8, 4) is 0 Å². The van der Waals surface area contributed by atoms with Gasteiger partial charge in [0.1, 0.15) is 0 Å². The van der Waals surface area contributed by atoms with E-state index in [1.807, 2.05) is 6.07 Å². The lowest BCUT2D eigenvalue weighted by atomic mass is 9.99. The molecule has 2 aromatic rings. The van der Waals surface area contributed by atoms with Gasteiger partial charge in [-0.1, -0.05) is 30.3 Å². The Morgan fingerprint density at radius 1 is 1.20 bits per heavy atom. The van der Waals surface area contributed by atoms with Crippen molar-refractivity contribution in [2.24, 2.45) is 0 Å². The van der Waals surface area contributed by atoms with Gasteiger partial charge in [-0.25, -0.2) is 0 Å². The number of hydrogen-bond acceptors (Lipinski definition) is 3. The molecule has 0 aliphatic heterocycles. The van der Waals surface area contributed by atoms with E-state index in [0.29, 0.717) is 10.4 Å². The van der Waals surface area contributed by atoms with Crippen molar-refractivity contribution in [3.05, 3.63) is 56.7 Å². The van der Waals surface area contributed by atoms with E-state index in [9.17, 15) is 14.7 Å². The minimum Gasteiger partial charge on any atom is -0.481 e. The quantitative estimate of drug-likeness (QED) is 0.867. The number of carboxylic acid groups (broad SMARTS) is 1. The summed E-state index contributed by atoms with van der Waals surface area (Å²) in [5.74, 6) is -1.96. The molecule has 0 aliphatic carbocycles. The summed E-state index contributed by atoms with van der Waals surface area (Å²) in [5, 5.41) is 11.9. The highest BCUT2D eigenvalue weighted by molar-refractivity contribution is 9.11. The van der Waals surface area contributed by atoms with Gasteiger partial charge in [-0.15, -0.1) is 11.3 Å². The van der Waals surface area contributed by atoms with E-state index in [4.69, 9.17) is 0 Å². The third-order valence-corrected chi connectivity index (χ3v) is 4.39. The van der Waals surface area contributed by atoms with Crippen LogP contribution in [-0.2, 0) is 4.79 Å². The Morgan fingerprint density at radius 2 is 1.90 bits per heavy atom. The molecule has 0 fully saturated rings. The summed E-state index contributed by atoms with van der Waals surface area (Å²) in [6.07, 6.45) is 0. The smallest absolute Gasteiger partial charge is 0.312 e. The molecular weight excluding hydrogens is 342 g/mol. The first-order valence-electron chi connectivity index (χ1n) is 5.89. The van der Waals surface area contributed by atoms with Crippen molar-refractivity contribution < 1.29 is 14.7 Å². The first-order valence-corrected chi connectivity index (χ1v) is 7.50. The highest BCUT2D eigenvalue weighted by Crippen LogP contribution is 2.22. The molecule has 0 radical (unpaired) electrons. The molecule has 0 bridgehead atoms. The molecule has 0 spiro atoms. The second-order valence-corrected chi connectivity index (χ2v) is 6.58. The molecule has 1 heterocycles. The highest BCUT2D eigenvalue weighted by Gasteiger charge is 2.21. The van der Waals surface area contributed by atoms with Crippen molar-refractivity contribution in [3.63, 3.8) is 0 Å². The number of rotatable bonds is 5. The summed E-state index contributed by atoms with van der Waals surface area (Å²) in [5.41, 5.74) is 0.674. The lowest BCUT2D eigenvalue weighted by Gasteiger charge is -2.13. The molecule has 6 heteroatoms. The van der Waals surface area contributed by atoms with Crippen LogP contribution in [0.4, 0.5) is 0 Å². The Kier molecular flexibility index (Phi) is 4.92. The number of halogens is 1. The molecule has 0 aliphatic rings. The minimum atomic E-state index is -0.955. The van der Waals surface area contributed by atoms with Crippen LogP contribution in [0.3, 0.4) is 0 Å². The Bertz CT molecular complexity index is 612. The van der Waals surface area contributed by atoms with Gasteiger partial charge in [-0.05, 0) is 33.6 Å². The second-order valence-electron chi connectivity index (χ2n) is 4.12. The van der Waals surface area contributed by atoms with Gasteiger partial charge in [0.2, 0.25) is 0 Å². The minimum absolute atomic E-state index is 0.0632. The van der Waals surface area contributed by atoms with Crippen LogP contribution >= 0.6 is 27.3 Å². The number of amides is 1. The fourth-order valence-electron chi connectivity index (χ4n) is 1.75. The molecular formula is C14H12BrNO3S. The van der Waals surface area contributed by atoms with Crippen LogP contribution in [0.15, 0.2) is 46.3 Å². The third-order valence-electron chi connectivity index (χ3n) is 2.76. The molecule has 1 aromatic carbocycles. The van der Waals surface area contributed by atoms with Crippen molar-refractivity contribution >= 4 is 39.1 Å². The molecule has 104 valence electrons. The van der Waals surface area contributed by atoms with Crippen LogP contribution in [0, 0.1) is 0 Å². The van der Waals surface area contributed by atoms with E-state index in [-0.39, 0.29) is 12.5 Å². The maximum Gasteiger partial charge on any atom is 0.312 e. The number of nitrogens with one attached hydrogen (secondary N) is 1. The van der Waals surface area contributed by atoms with E-state index < -0.39 is 11.9 Å². The molecule has 2 rings (SSSR count). The van der Waals surface area contributed by atoms with E-state index >= 15 is 0 Å². The van der Waals surface area contributed by atoms with Crippen molar-refractivity contribution in [2.45, 2.75) is 5.92 Å². The Morgan fingerprint density at radius 3 is 2.45 bits per heavy atom.